The highest BCUT2D eigenvalue weighted by molar-refractivity contribution is 6.30. The van der Waals surface area contributed by atoms with Gasteiger partial charge in [-0.2, -0.15) is 5.10 Å². The summed E-state index contributed by atoms with van der Waals surface area (Å²) in [5.41, 5.74) is 0.767. The Balaban J connectivity index is 1.99. The lowest BCUT2D eigenvalue weighted by molar-refractivity contribution is -0.121. The number of hydrogen-bond donors (Lipinski definition) is 1. The number of carbonyl (C=O) groups excluding carboxylic acids is 1. The summed E-state index contributed by atoms with van der Waals surface area (Å²) < 4.78 is 11.6. The average molecular weight is 310 g/mol. The minimum Gasteiger partial charge on any atom is -0.382 e. The SMILES string of the molecule is COCCOCC(=O)Nc1ccnn1-c1cccc(Cl)c1. The number of hydrogen-bond acceptors (Lipinski definition) is 4. The van der Waals surface area contributed by atoms with Crippen LogP contribution in [0.2, 0.25) is 5.02 Å². The van der Waals surface area contributed by atoms with Gasteiger partial charge in [0.05, 0.1) is 25.1 Å². The monoisotopic (exact) mass is 309 g/mol. The second-order valence-corrected chi connectivity index (χ2v) is 4.64. The van der Waals surface area contributed by atoms with Gasteiger partial charge in [0, 0.05) is 18.2 Å². The maximum absolute atomic E-state index is 11.8. The Bertz CT molecular complexity index is 601. The van der Waals surface area contributed by atoms with Crippen molar-refractivity contribution in [3.8, 4) is 5.69 Å². The van der Waals surface area contributed by atoms with Crippen LogP contribution in [0.25, 0.3) is 5.69 Å². The molecule has 0 spiro atoms. The number of rotatable bonds is 7. The van der Waals surface area contributed by atoms with Crippen molar-refractivity contribution in [2.75, 3.05) is 32.2 Å². The molecule has 1 heterocycles. The van der Waals surface area contributed by atoms with Gasteiger partial charge in [-0.25, -0.2) is 4.68 Å². The fourth-order valence-electron chi connectivity index (χ4n) is 1.70. The summed E-state index contributed by atoms with van der Waals surface area (Å²) >= 11 is 5.96. The molecule has 0 bridgehead atoms. The summed E-state index contributed by atoms with van der Waals surface area (Å²) in [6, 6.07) is 8.91. The van der Waals surface area contributed by atoms with Crippen LogP contribution in [-0.2, 0) is 14.3 Å². The summed E-state index contributed by atoms with van der Waals surface area (Å²) in [4.78, 5) is 11.8. The van der Waals surface area contributed by atoms with E-state index in [-0.39, 0.29) is 12.5 Å². The molecule has 0 aliphatic carbocycles. The third-order valence-corrected chi connectivity index (χ3v) is 2.86. The van der Waals surface area contributed by atoms with Crippen molar-refractivity contribution >= 4 is 23.3 Å². The van der Waals surface area contributed by atoms with Crippen molar-refractivity contribution in [3.63, 3.8) is 0 Å². The van der Waals surface area contributed by atoms with Gasteiger partial charge in [0.2, 0.25) is 0 Å². The molecule has 0 radical (unpaired) electrons. The van der Waals surface area contributed by atoms with Crippen molar-refractivity contribution in [1.29, 1.82) is 0 Å². The van der Waals surface area contributed by atoms with Crippen LogP contribution in [0.1, 0.15) is 0 Å². The zero-order valence-electron chi connectivity index (χ0n) is 11.6. The van der Waals surface area contributed by atoms with Crippen LogP contribution in [0.4, 0.5) is 5.82 Å². The highest BCUT2D eigenvalue weighted by Gasteiger charge is 2.09. The molecule has 1 aromatic carbocycles. The molecule has 1 aromatic heterocycles. The van der Waals surface area contributed by atoms with E-state index in [1.54, 1.807) is 36.2 Å². The number of benzene rings is 1. The number of nitrogens with zero attached hydrogens (tertiary/aromatic N) is 2. The molecule has 0 unspecified atom stereocenters. The molecule has 21 heavy (non-hydrogen) atoms. The summed E-state index contributed by atoms with van der Waals surface area (Å²) in [5, 5.41) is 7.51. The first-order valence-electron chi connectivity index (χ1n) is 6.37. The first kappa shape index (κ1) is 15.5. The lowest BCUT2D eigenvalue weighted by Gasteiger charge is -2.09. The van der Waals surface area contributed by atoms with Crippen LogP contribution in [0.15, 0.2) is 36.5 Å². The van der Waals surface area contributed by atoms with Crippen molar-refractivity contribution in [2.45, 2.75) is 0 Å². The first-order chi connectivity index (χ1) is 10.2. The second-order valence-electron chi connectivity index (χ2n) is 4.20. The molecule has 6 nitrogen and oxygen atoms in total. The van der Waals surface area contributed by atoms with Gasteiger partial charge < -0.3 is 14.8 Å². The van der Waals surface area contributed by atoms with Crippen LogP contribution >= 0.6 is 11.6 Å². The molecule has 2 rings (SSSR count). The minimum absolute atomic E-state index is 0.0376. The summed E-state index contributed by atoms with van der Waals surface area (Å²) in [7, 11) is 1.58. The normalized spacial score (nSPS) is 10.6. The molecule has 2 aromatic rings. The Morgan fingerprint density at radius 2 is 2.24 bits per heavy atom. The Hall–Kier alpha value is -1.89. The molecular formula is C14H16ClN3O3. The van der Waals surface area contributed by atoms with E-state index in [9.17, 15) is 4.79 Å². The van der Waals surface area contributed by atoms with E-state index in [2.05, 4.69) is 10.4 Å². The Morgan fingerprint density at radius 3 is 3.00 bits per heavy atom. The molecule has 0 saturated heterocycles. The number of amides is 1. The lowest BCUT2D eigenvalue weighted by atomic mass is 10.3. The molecule has 0 atom stereocenters. The van der Waals surface area contributed by atoms with E-state index in [0.717, 1.165) is 5.69 Å². The van der Waals surface area contributed by atoms with E-state index in [4.69, 9.17) is 21.1 Å². The van der Waals surface area contributed by atoms with Gasteiger partial charge in [-0.05, 0) is 18.2 Å². The third kappa shape index (κ3) is 4.56. The van der Waals surface area contributed by atoms with Gasteiger partial charge in [0.1, 0.15) is 12.4 Å². The van der Waals surface area contributed by atoms with Gasteiger partial charge in [-0.1, -0.05) is 17.7 Å². The van der Waals surface area contributed by atoms with Crippen molar-refractivity contribution in [3.05, 3.63) is 41.6 Å². The Kier molecular flexibility index (Phi) is 5.74. The molecular weight excluding hydrogens is 294 g/mol. The van der Waals surface area contributed by atoms with E-state index >= 15 is 0 Å². The second kappa shape index (κ2) is 7.78. The number of halogens is 1. The minimum atomic E-state index is -0.255. The fraction of sp³-hybridized carbons (Fsp3) is 0.286. The molecule has 0 aliphatic heterocycles. The van der Waals surface area contributed by atoms with Gasteiger partial charge in [-0.3, -0.25) is 4.79 Å². The smallest absolute Gasteiger partial charge is 0.251 e. The molecule has 0 aliphatic rings. The zero-order valence-corrected chi connectivity index (χ0v) is 12.3. The van der Waals surface area contributed by atoms with E-state index in [1.807, 2.05) is 12.1 Å². The van der Waals surface area contributed by atoms with Crippen LogP contribution in [0.3, 0.4) is 0 Å². The number of ether oxygens (including phenoxy) is 2. The van der Waals surface area contributed by atoms with E-state index < -0.39 is 0 Å². The van der Waals surface area contributed by atoms with Crippen LogP contribution in [-0.4, -0.2) is 42.6 Å². The summed E-state index contributed by atoms with van der Waals surface area (Å²) in [6.07, 6.45) is 1.60. The molecule has 7 heteroatoms. The standard InChI is InChI=1S/C14H16ClN3O3/c1-20-7-8-21-10-14(19)17-13-5-6-16-18(13)12-4-2-3-11(15)9-12/h2-6,9H,7-8,10H2,1H3,(H,17,19). The van der Waals surface area contributed by atoms with E-state index in [0.29, 0.717) is 24.1 Å². The number of anilines is 1. The summed E-state index contributed by atoms with van der Waals surface area (Å²) in [5.74, 6) is 0.299. The van der Waals surface area contributed by atoms with Gasteiger partial charge >= 0.3 is 0 Å². The highest BCUT2D eigenvalue weighted by atomic mass is 35.5. The quantitative estimate of drug-likeness (QED) is 0.796. The van der Waals surface area contributed by atoms with Crippen LogP contribution in [0, 0.1) is 0 Å². The molecule has 112 valence electrons. The van der Waals surface area contributed by atoms with Crippen LogP contribution < -0.4 is 5.32 Å². The number of aromatic nitrogens is 2. The number of nitrogens with one attached hydrogen (secondary N) is 1. The Morgan fingerprint density at radius 1 is 1.38 bits per heavy atom. The molecule has 1 N–H and O–H groups in total. The maximum Gasteiger partial charge on any atom is 0.251 e. The zero-order chi connectivity index (χ0) is 15.1. The predicted molar refractivity (Wildman–Crippen MR) is 79.9 cm³/mol. The average Bonchev–Trinajstić information content (AvgIpc) is 2.92. The van der Waals surface area contributed by atoms with Crippen molar-refractivity contribution in [2.24, 2.45) is 0 Å². The largest absolute Gasteiger partial charge is 0.382 e. The third-order valence-electron chi connectivity index (χ3n) is 2.63. The Labute approximate surface area is 127 Å². The van der Waals surface area contributed by atoms with Gasteiger partial charge in [-0.15, -0.1) is 0 Å². The van der Waals surface area contributed by atoms with Crippen LogP contribution in [0.5, 0.6) is 0 Å². The van der Waals surface area contributed by atoms with Gasteiger partial charge in [0.15, 0.2) is 0 Å². The van der Waals surface area contributed by atoms with E-state index in [1.165, 1.54) is 0 Å². The molecule has 0 fully saturated rings. The topological polar surface area (TPSA) is 65.4 Å². The maximum atomic E-state index is 11.8. The number of methoxy groups -OCH3 is 1. The molecule has 1 amide bonds. The van der Waals surface area contributed by atoms with Crippen molar-refractivity contribution in [1.82, 2.24) is 9.78 Å². The van der Waals surface area contributed by atoms with Gasteiger partial charge in [0.25, 0.3) is 5.91 Å². The lowest BCUT2D eigenvalue weighted by Crippen LogP contribution is -2.21. The summed E-state index contributed by atoms with van der Waals surface area (Å²) in [6.45, 7) is 0.787. The fourth-order valence-corrected chi connectivity index (χ4v) is 1.88. The highest BCUT2D eigenvalue weighted by Crippen LogP contribution is 2.18. The number of carbonyl (C=O) groups is 1. The molecule has 0 saturated carbocycles. The first-order valence-corrected chi connectivity index (χ1v) is 6.75. The predicted octanol–water partition coefficient (Wildman–Crippen LogP) is 2.13. The van der Waals surface area contributed by atoms with Crippen molar-refractivity contribution < 1.29 is 14.3 Å².